The lowest BCUT2D eigenvalue weighted by Gasteiger charge is -2.12. The van der Waals surface area contributed by atoms with Gasteiger partial charge in [-0.2, -0.15) is 0 Å². The van der Waals surface area contributed by atoms with Crippen molar-refractivity contribution in [1.29, 1.82) is 0 Å². The molecular weight excluding hydrogens is 358 g/mol. The number of rotatable bonds is 7. The lowest BCUT2D eigenvalue weighted by Crippen LogP contribution is -2.23. The molecule has 0 saturated heterocycles. The molecule has 1 heterocycles. The van der Waals surface area contributed by atoms with Crippen molar-refractivity contribution in [3.05, 3.63) is 70.2 Å². The average Bonchev–Trinajstić information content (AvgIpc) is 3.16. The standard InChI is InChI=1S/C21H23N3O2S/c1-14(2)21-24-16(13-27-21)12-22-20(25)18-6-4-5-7-19(18)23-15-8-10-17(26-3)11-9-15/h4-11,13-14,23H,12H2,1-3H3,(H,22,25). The van der Waals surface area contributed by atoms with Gasteiger partial charge < -0.3 is 15.4 Å². The molecule has 0 bridgehead atoms. The number of hydrogen-bond donors (Lipinski definition) is 2. The fourth-order valence-corrected chi connectivity index (χ4v) is 3.39. The van der Waals surface area contributed by atoms with Crippen LogP contribution in [0.3, 0.4) is 0 Å². The molecule has 5 nitrogen and oxygen atoms in total. The van der Waals surface area contributed by atoms with E-state index < -0.39 is 0 Å². The lowest BCUT2D eigenvalue weighted by molar-refractivity contribution is 0.0951. The molecule has 1 amide bonds. The highest BCUT2D eigenvalue weighted by atomic mass is 32.1. The van der Waals surface area contributed by atoms with Crippen molar-refractivity contribution in [1.82, 2.24) is 10.3 Å². The quantitative estimate of drug-likeness (QED) is 0.608. The number of carbonyl (C=O) groups is 1. The summed E-state index contributed by atoms with van der Waals surface area (Å²) in [4.78, 5) is 17.2. The number of methoxy groups -OCH3 is 1. The molecule has 0 aliphatic heterocycles. The number of benzene rings is 2. The lowest BCUT2D eigenvalue weighted by atomic mass is 10.1. The number of hydrogen-bond acceptors (Lipinski definition) is 5. The second-order valence-electron chi connectivity index (χ2n) is 6.41. The van der Waals surface area contributed by atoms with Crippen LogP contribution in [-0.4, -0.2) is 18.0 Å². The first-order chi connectivity index (χ1) is 13.1. The number of thiazole rings is 1. The molecule has 140 valence electrons. The summed E-state index contributed by atoms with van der Waals surface area (Å²) < 4.78 is 5.17. The average molecular weight is 382 g/mol. The summed E-state index contributed by atoms with van der Waals surface area (Å²) in [7, 11) is 1.63. The largest absolute Gasteiger partial charge is 0.497 e. The maximum absolute atomic E-state index is 12.7. The molecule has 0 aliphatic rings. The van der Waals surface area contributed by atoms with E-state index >= 15 is 0 Å². The highest BCUT2D eigenvalue weighted by Gasteiger charge is 2.12. The van der Waals surface area contributed by atoms with Crippen molar-refractivity contribution in [3.8, 4) is 5.75 Å². The van der Waals surface area contributed by atoms with E-state index in [4.69, 9.17) is 4.74 Å². The molecule has 0 saturated carbocycles. The zero-order valence-electron chi connectivity index (χ0n) is 15.7. The Balaban J connectivity index is 1.69. The third-order valence-electron chi connectivity index (χ3n) is 4.03. The van der Waals surface area contributed by atoms with E-state index in [9.17, 15) is 4.79 Å². The van der Waals surface area contributed by atoms with Crippen LogP contribution in [0.2, 0.25) is 0 Å². The fraction of sp³-hybridized carbons (Fsp3) is 0.238. The minimum Gasteiger partial charge on any atom is -0.497 e. The van der Waals surface area contributed by atoms with Crippen LogP contribution in [0.5, 0.6) is 5.75 Å². The zero-order valence-corrected chi connectivity index (χ0v) is 16.5. The second kappa shape index (κ2) is 8.68. The molecule has 2 aromatic carbocycles. The van der Waals surface area contributed by atoms with Gasteiger partial charge in [0.1, 0.15) is 5.75 Å². The summed E-state index contributed by atoms with van der Waals surface area (Å²) in [5.74, 6) is 1.05. The number of nitrogens with zero attached hydrogens (tertiary/aromatic N) is 1. The van der Waals surface area contributed by atoms with E-state index in [1.807, 2.05) is 53.9 Å². The molecule has 0 aliphatic carbocycles. The highest BCUT2D eigenvalue weighted by Crippen LogP contribution is 2.23. The van der Waals surface area contributed by atoms with Crippen molar-refractivity contribution in [2.75, 3.05) is 12.4 Å². The molecule has 0 spiro atoms. The Morgan fingerprint density at radius 3 is 2.56 bits per heavy atom. The Bertz CT molecular complexity index is 904. The van der Waals surface area contributed by atoms with Gasteiger partial charge in [-0.05, 0) is 36.4 Å². The van der Waals surface area contributed by atoms with Gasteiger partial charge in [0.15, 0.2) is 0 Å². The topological polar surface area (TPSA) is 63.2 Å². The van der Waals surface area contributed by atoms with E-state index in [1.165, 1.54) is 0 Å². The van der Waals surface area contributed by atoms with Crippen molar-refractivity contribution in [2.24, 2.45) is 0 Å². The molecule has 3 rings (SSSR count). The van der Waals surface area contributed by atoms with Crippen LogP contribution >= 0.6 is 11.3 Å². The van der Waals surface area contributed by atoms with Gasteiger partial charge in [-0.3, -0.25) is 4.79 Å². The third-order valence-corrected chi connectivity index (χ3v) is 5.23. The Morgan fingerprint density at radius 1 is 1.15 bits per heavy atom. The van der Waals surface area contributed by atoms with Gasteiger partial charge in [-0.1, -0.05) is 26.0 Å². The molecule has 6 heteroatoms. The van der Waals surface area contributed by atoms with E-state index in [0.717, 1.165) is 27.8 Å². The number of carbonyl (C=O) groups excluding carboxylic acids is 1. The van der Waals surface area contributed by atoms with E-state index in [2.05, 4.69) is 29.5 Å². The summed E-state index contributed by atoms with van der Waals surface area (Å²) in [6.45, 7) is 4.64. The van der Waals surface area contributed by atoms with Crippen LogP contribution in [0.4, 0.5) is 11.4 Å². The number of nitrogens with one attached hydrogen (secondary N) is 2. The maximum atomic E-state index is 12.7. The summed E-state index contributed by atoms with van der Waals surface area (Å²) in [5.41, 5.74) is 3.11. The van der Waals surface area contributed by atoms with Gasteiger partial charge >= 0.3 is 0 Å². The van der Waals surface area contributed by atoms with Gasteiger partial charge in [0, 0.05) is 17.0 Å². The van der Waals surface area contributed by atoms with Gasteiger partial charge in [-0.25, -0.2) is 4.98 Å². The Hall–Kier alpha value is -2.86. The van der Waals surface area contributed by atoms with Crippen LogP contribution < -0.4 is 15.4 Å². The van der Waals surface area contributed by atoms with Crippen LogP contribution in [-0.2, 0) is 6.54 Å². The number of ether oxygens (including phenoxy) is 1. The first kappa shape index (κ1) is 18.9. The molecule has 0 radical (unpaired) electrons. The summed E-state index contributed by atoms with van der Waals surface area (Å²) in [5, 5.41) is 9.33. The Morgan fingerprint density at radius 2 is 1.89 bits per heavy atom. The smallest absolute Gasteiger partial charge is 0.253 e. The number of amides is 1. The fourth-order valence-electron chi connectivity index (χ4n) is 2.56. The second-order valence-corrected chi connectivity index (χ2v) is 7.30. The van der Waals surface area contributed by atoms with Crippen molar-refractivity contribution in [2.45, 2.75) is 26.3 Å². The molecule has 0 unspecified atom stereocenters. The minimum atomic E-state index is -0.134. The maximum Gasteiger partial charge on any atom is 0.253 e. The van der Waals surface area contributed by atoms with Gasteiger partial charge in [0.25, 0.3) is 5.91 Å². The molecule has 0 fully saturated rings. The predicted octanol–water partition coefficient (Wildman–Crippen LogP) is 4.95. The zero-order chi connectivity index (χ0) is 19.2. The van der Waals surface area contributed by atoms with Crippen LogP contribution in [0.15, 0.2) is 53.9 Å². The van der Waals surface area contributed by atoms with Gasteiger partial charge in [0.05, 0.1) is 35.6 Å². The Labute approximate surface area is 163 Å². The minimum absolute atomic E-state index is 0.134. The molecular formula is C21H23N3O2S. The number of aromatic nitrogens is 1. The van der Waals surface area contributed by atoms with Crippen LogP contribution in [0.1, 0.15) is 40.8 Å². The number of para-hydroxylation sites is 1. The monoisotopic (exact) mass is 381 g/mol. The summed E-state index contributed by atoms with van der Waals surface area (Å²) in [6, 6.07) is 15.0. The van der Waals surface area contributed by atoms with Crippen LogP contribution in [0.25, 0.3) is 0 Å². The predicted molar refractivity (Wildman–Crippen MR) is 110 cm³/mol. The van der Waals surface area contributed by atoms with E-state index in [-0.39, 0.29) is 5.91 Å². The van der Waals surface area contributed by atoms with Crippen LogP contribution in [0, 0.1) is 0 Å². The molecule has 0 atom stereocenters. The molecule has 3 aromatic rings. The number of anilines is 2. The third kappa shape index (κ3) is 4.86. The highest BCUT2D eigenvalue weighted by molar-refractivity contribution is 7.09. The molecule has 27 heavy (non-hydrogen) atoms. The summed E-state index contributed by atoms with van der Waals surface area (Å²) in [6.07, 6.45) is 0. The first-order valence-corrected chi connectivity index (χ1v) is 9.67. The van der Waals surface area contributed by atoms with Crippen molar-refractivity contribution < 1.29 is 9.53 Å². The van der Waals surface area contributed by atoms with E-state index in [1.54, 1.807) is 18.4 Å². The first-order valence-electron chi connectivity index (χ1n) is 8.79. The SMILES string of the molecule is COc1ccc(Nc2ccccc2C(=O)NCc2csc(C(C)C)n2)cc1. The molecule has 2 N–H and O–H groups in total. The van der Waals surface area contributed by atoms with Crippen molar-refractivity contribution in [3.63, 3.8) is 0 Å². The van der Waals surface area contributed by atoms with Gasteiger partial charge in [-0.15, -0.1) is 11.3 Å². The summed E-state index contributed by atoms with van der Waals surface area (Å²) >= 11 is 1.63. The van der Waals surface area contributed by atoms with Gasteiger partial charge in [0.2, 0.25) is 0 Å². The van der Waals surface area contributed by atoms with E-state index in [0.29, 0.717) is 18.0 Å². The molecule has 1 aromatic heterocycles. The normalized spacial score (nSPS) is 10.7. The Kier molecular flexibility index (Phi) is 6.08. The van der Waals surface area contributed by atoms with Crippen molar-refractivity contribution >= 4 is 28.6 Å².